The maximum absolute atomic E-state index is 10.6. The lowest BCUT2D eigenvalue weighted by Gasteiger charge is -2.14. The van der Waals surface area contributed by atoms with Crippen molar-refractivity contribution in [3.05, 3.63) is 47.6 Å². The first-order chi connectivity index (χ1) is 8.20. The normalized spacial score (nSPS) is 14.9. The standard InChI is InChI=1S/C15H17NO/c1-12-4-3-5-14(10-12)13-6-8-15(9-7-13)16(2)11-17/h4,6-11H,3,5H2,1-2H3. The Hall–Kier alpha value is -1.83. The molecular weight excluding hydrogens is 210 g/mol. The Kier molecular flexibility index (Phi) is 3.43. The molecule has 0 heterocycles. The van der Waals surface area contributed by atoms with Crippen LogP contribution in [0, 0.1) is 0 Å². The van der Waals surface area contributed by atoms with Gasteiger partial charge in [-0.1, -0.05) is 29.9 Å². The van der Waals surface area contributed by atoms with E-state index in [9.17, 15) is 4.79 Å². The van der Waals surface area contributed by atoms with Crippen LogP contribution in [0.25, 0.3) is 5.57 Å². The lowest BCUT2D eigenvalue weighted by Crippen LogP contribution is -2.13. The molecule has 0 aliphatic heterocycles. The van der Waals surface area contributed by atoms with Gasteiger partial charge in [0.25, 0.3) is 0 Å². The van der Waals surface area contributed by atoms with Crippen LogP contribution in [0.1, 0.15) is 25.3 Å². The molecule has 0 atom stereocenters. The molecule has 0 bridgehead atoms. The fraction of sp³-hybridized carbons (Fsp3) is 0.267. The minimum atomic E-state index is 0.821. The van der Waals surface area contributed by atoms with Gasteiger partial charge in [0.1, 0.15) is 0 Å². The van der Waals surface area contributed by atoms with Crippen molar-refractivity contribution in [2.24, 2.45) is 0 Å². The summed E-state index contributed by atoms with van der Waals surface area (Å²) in [6.07, 6.45) is 7.54. The number of carbonyl (C=O) groups is 1. The third-order valence-electron chi connectivity index (χ3n) is 3.09. The summed E-state index contributed by atoms with van der Waals surface area (Å²) in [5.41, 5.74) is 4.89. The molecule has 1 aromatic rings. The van der Waals surface area contributed by atoms with Gasteiger partial charge in [-0.2, -0.15) is 0 Å². The summed E-state index contributed by atoms with van der Waals surface area (Å²) < 4.78 is 0. The lowest BCUT2D eigenvalue weighted by atomic mass is 9.94. The topological polar surface area (TPSA) is 20.3 Å². The highest BCUT2D eigenvalue weighted by molar-refractivity contribution is 5.76. The summed E-state index contributed by atoms with van der Waals surface area (Å²) in [4.78, 5) is 12.2. The summed E-state index contributed by atoms with van der Waals surface area (Å²) >= 11 is 0. The summed E-state index contributed by atoms with van der Waals surface area (Å²) in [6.45, 7) is 2.13. The van der Waals surface area contributed by atoms with Gasteiger partial charge in [0.05, 0.1) is 0 Å². The van der Waals surface area contributed by atoms with Crippen LogP contribution in [0.4, 0.5) is 5.69 Å². The van der Waals surface area contributed by atoms with Gasteiger partial charge < -0.3 is 4.90 Å². The molecule has 0 unspecified atom stereocenters. The van der Waals surface area contributed by atoms with E-state index in [1.165, 1.54) is 16.7 Å². The van der Waals surface area contributed by atoms with E-state index in [1.54, 1.807) is 11.9 Å². The first kappa shape index (κ1) is 11.6. The fourth-order valence-electron chi connectivity index (χ4n) is 2.06. The van der Waals surface area contributed by atoms with Gasteiger partial charge in [-0.05, 0) is 43.0 Å². The van der Waals surface area contributed by atoms with Crippen molar-refractivity contribution in [1.82, 2.24) is 0 Å². The van der Waals surface area contributed by atoms with Gasteiger partial charge in [0.2, 0.25) is 6.41 Å². The first-order valence-electron chi connectivity index (χ1n) is 5.86. The van der Waals surface area contributed by atoms with Gasteiger partial charge in [0, 0.05) is 12.7 Å². The van der Waals surface area contributed by atoms with E-state index in [0.29, 0.717) is 0 Å². The van der Waals surface area contributed by atoms with Gasteiger partial charge in [0.15, 0.2) is 0 Å². The highest BCUT2D eigenvalue weighted by Gasteiger charge is 2.06. The van der Waals surface area contributed by atoms with E-state index < -0.39 is 0 Å². The monoisotopic (exact) mass is 227 g/mol. The summed E-state index contributed by atoms with van der Waals surface area (Å²) in [7, 11) is 1.76. The second-order valence-corrected chi connectivity index (χ2v) is 4.42. The summed E-state index contributed by atoms with van der Waals surface area (Å²) in [5.74, 6) is 0. The summed E-state index contributed by atoms with van der Waals surface area (Å²) in [5, 5.41) is 0. The van der Waals surface area contributed by atoms with Crippen molar-refractivity contribution >= 4 is 17.7 Å². The SMILES string of the molecule is CC1=CCCC(c2ccc(N(C)C=O)cc2)=C1. The second-order valence-electron chi connectivity index (χ2n) is 4.42. The van der Waals surface area contributed by atoms with Crippen LogP contribution in [0.3, 0.4) is 0 Å². The van der Waals surface area contributed by atoms with Crippen LogP contribution in [0.5, 0.6) is 0 Å². The molecule has 1 amide bonds. The molecule has 88 valence electrons. The maximum Gasteiger partial charge on any atom is 0.213 e. The predicted octanol–water partition coefficient (Wildman–Crippen LogP) is 3.40. The van der Waals surface area contributed by atoms with E-state index in [-0.39, 0.29) is 0 Å². The smallest absolute Gasteiger partial charge is 0.213 e. The van der Waals surface area contributed by atoms with Crippen molar-refractivity contribution < 1.29 is 4.79 Å². The Balaban J connectivity index is 2.24. The predicted molar refractivity (Wildman–Crippen MR) is 71.9 cm³/mol. The molecule has 17 heavy (non-hydrogen) atoms. The number of anilines is 1. The lowest BCUT2D eigenvalue weighted by molar-refractivity contribution is -0.107. The first-order valence-corrected chi connectivity index (χ1v) is 5.86. The molecule has 1 aliphatic carbocycles. The molecule has 1 aromatic carbocycles. The number of carbonyl (C=O) groups excluding carboxylic acids is 1. The Labute approximate surface area is 102 Å². The quantitative estimate of drug-likeness (QED) is 0.725. The zero-order valence-corrected chi connectivity index (χ0v) is 10.3. The second kappa shape index (κ2) is 5.00. The molecule has 0 radical (unpaired) electrons. The average Bonchev–Trinajstić information content (AvgIpc) is 2.38. The van der Waals surface area contributed by atoms with Crippen LogP contribution in [-0.4, -0.2) is 13.5 Å². The Morgan fingerprint density at radius 1 is 1.24 bits per heavy atom. The molecule has 2 heteroatoms. The van der Waals surface area contributed by atoms with Crippen molar-refractivity contribution in [3.63, 3.8) is 0 Å². The van der Waals surface area contributed by atoms with E-state index >= 15 is 0 Å². The molecule has 2 nitrogen and oxygen atoms in total. The highest BCUT2D eigenvalue weighted by Crippen LogP contribution is 2.27. The molecule has 0 spiro atoms. The highest BCUT2D eigenvalue weighted by atomic mass is 16.1. The molecule has 0 fully saturated rings. The summed E-state index contributed by atoms with van der Waals surface area (Å²) in [6, 6.07) is 8.13. The molecule has 0 aromatic heterocycles. The zero-order valence-electron chi connectivity index (χ0n) is 10.3. The number of amides is 1. The van der Waals surface area contributed by atoms with E-state index in [1.807, 2.05) is 12.1 Å². The van der Waals surface area contributed by atoms with Crippen LogP contribution in [0.15, 0.2) is 42.0 Å². The Morgan fingerprint density at radius 3 is 2.53 bits per heavy atom. The number of hydrogen-bond donors (Lipinski definition) is 0. The number of nitrogens with zero attached hydrogens (tertiary/aromatic N) is 1. The molecule has 0 saturated carbocycles. The van der Waals surface area contributed by atoms with Crippen molar-refractivity contribution in [1.29, 1.82) is 0 Å². The van der Waals surface area contributed by atoms with Crippen molar-refractivity contribution in [3.8, 4) is 0 Å². The maximum atomic E-state index is 10.6. The van der Waals surface area contributed by atoms with Crippen molar-refractivity contribution in [2.45, 2.75) is 19.8 Å². The molecule has 0 saturated heterocycles. The Morgan fingerprint density at radius 2 is 1.94 bits per heavy atom. The molecule has 0 N–H and O–H groups in total. The third-order valence-corrected chi connectivity index (χ3v) is 3.09. The number of hydrogen-bond acceptors (Lipinski definition) is 1. The molecule has 2 rings (SSSR count). The number of rotatable bonds is 3. The van der Waals surface area contributed by atoms with E-state index in [0.717, 1.165) is 24.9 Å². The van der Waals surface area contributed by atoms with Crippen LogP contribution < -0.4 is 4.90 Å². The molecule has 1 aliphatic rings. The largest absolute Gasteiger partial charge is 0.318 e. The fourth-order valence-corrected chi connectivity index (χ4v) is 2.06. The minimum Gasteiger partial charge on any atom is -0.318 e. The van der Waals surface area contributed by atoms with Gasteiger partial charge >= 0.3 is 0 Å². The third kappa shape index (κ3) is 2.64. The van der Waals surface area contributed by atoms with E-state index in [4.69, 9.17) is 0 Å². The van der Waals surface area contributed by atoms with Crippen LogP contribution in [0.2, 0.25) is 0 Å². The minimum absolute atomic E-state index is 0.821. The van der Waals surface area contributed by atoms with Gasteiger partial charge in [-0.15, -0.1) is 0 Å². The van der Waals surface area contributed by atoms with Gasteiger partial charge in [-0.25, -0.2) is 0 Å². The number of benzene rings is 1. The van der Waals surface area contributed by atoms with Crippen LogP contribution in [-0.2, 0) is 4.79 Å². The Bertz CT molecular complexity index is 468. The average molecular weight is 227 g/mol. The van der Waals surface area contributed by atoms with E-state index in [2.05, 4.69) is 31.2 Å². The van der Waals surface area contributed by atoms with Crippen LogP contribution >= 0.6 is 0 Å². The zero-order chi connectivity index (χ0) is 12.3. The van der Waals surface area contributed by atoms with Gasteiger partial charge in [-0.3, -0.25) is 4.79 Å². The van der Waals surface area contributed by atoms with Crippen molar-refractivity contribution in [2.75, 3.05) is 11.9 Å². The number of allylic oxidation sites excluding steroid dienone is 4. The molecular formula is C15H17NO.